The highest BCUT2D eigenvalue weighted by Gasteiger charge is 2.16. The van der Waals surface area contributed by atoms with Gasteiger partial charge in [0, 0.05) is 13.1 Å². The van der Waals surface area contributed by atoms with Crippen molar-refractivity contribution in [1.82, 2.24) is 4.90 Å². The van der Waals surface area contributed by atoms with Gasteiger partial charge in [-0.2, -0.15) is 0 Å². The van der Waals surface area contributed by atoms with Gasteiger partial charge in [0.05, 0.1) is 7.11 Å². The molecule has 4 nitrogen and oxygen atoms in total. The molecule has 0 spiro atoms. The molecule has 0 radical (unpaired) electrons. The highest BCUT2D eigenvalue weighted by Crippen LogP contribution is 2.02. The van der Waals surface area contributed by atoms with E-state index in [1.54, 1.807) is 4.90 Å². The molecule has 0 aliphatic heterocycles. The van der Waals surface area contributed by atoms with Crippen molar-refractivity contribution >= 4 is 11.9 Å². The summed E-state index contributed by atoms with van der Waals surface area (Å²) in [6, 6.07) is 0. The molecule has 0 fully saturated rings. The summed E-state index contributed by atoms with van der Waals surface area (Å²) in [5.74, 6) is -0.572. The van der Waals surface area contributed by atoms with Gasteiger partial charge in [-0.05, 0) is 12.8 Å². The molecule has 0 aromatic rings. The predicted molar refractivity (Wildman–Crippen MR) is 63.0 cm³/mol. The van der Waals surface area contributed by atoms with E-state index < -0.39 is 5.97 Å². The fourth-order valence-electron chi connectivity index (χ4n) is 1.37. The molecule has 0 rings (SSSR count). The van der Waals surface area contributed by atoms with Gasteiger partial charge in [0.2, 0.25) is 5.91 Å². The summed E-state index contributed by atoms with van der Waals surface area (Å²) >= 11 is 0. The standard InChI is InChI=1S/C12H23NO3/c1-4-6-8-13(9-7-5-2)11(14)10-12(15)16-3/h4-10H2,1-3H3. The maximum atomic E-state index is 11.7. The highest BCUT2D eigenvalue weighted by atomic mass is 16.5. The number of carbonyl (C=O) groups is 2. The van der Waals surface area contributed by atoms with Crippen molar-refractivity contribution in [2.45, 2.75) is 46.0 Å². The number of hydrogen-bond donors (Lipinski definition) is 0. The van der Waals surface area contributed by atoms with Gasteiger partial charge >= 0.3 is 5.97 Å². The average molecular weight is 229 g/mol. The first-order valence-electron chi connectivity index (χ1n) is 6.00. The van der Waals surface area contributed by atoms with Gasteiger partial charge in [0.25, 0.3) is 0 Å². The molecule has 0 unspecified atom stereocenters. The van der Waals surface area contributed by atoms with Gasteiger partial charge in [-0.15, -0.1) is 0 Å². The number of carbonyl (C=O) groups excluding carboxylic acids is 2. The molecule has 0 aliphatic carbocycles. The van der Waals surface area contributed by atoms with Crippen LogP contribution in [0.1, 0.15) is 46.0 Å². The Labute approximate surface area is 98.0 Å². The lowest BCUT2D eigenvalue weighted by Crippen LogP contribution is -2.34. The topological polar surface area (TPSA) is 46.6 Å². The quantitative estimate of drug-likeness (QED) is 0.472. The van der Waals surface area contributed by atoms with Crippen LogP contribution in [0, 0.1) is 0 Å². The van der Waals surface area contributed by atoms with E-state index in [4.69, 9.17) is 0 Å². The summed E-state index contributed by atoms with van der Waals surface area (Å²) in [5, 5.41) is 0. The lowest BCUT2D eigenvalue weighted by Gasteiger charge is -2.21. The van der Waals surface area contributed by atoms with E-state index in [0.29, 0.717) is 0 Å². The molecule has 0 aromatic heterocycles. The summed E-state index contributed by atoms with van der Waals surface area (Å²) < 4.78 is 4.49. The zero-order valence-corrected chi connectivity index (χ0v) is 10.6. The van der Waals surface area contributed by atoms with Crippen LogP contribution >= 0.6 is 0 Å². The molecule has 4 heteroatoms. The van der Waals surface area contributed by atoms with Crippen LogP contribution in [-0.4, -0.2) is 37.0 Å². The number of methoxy groups -OCH3 is 1. The van der Waals surface area contributed by atoms with E-state index in [2.05, 4.69) is 18.6 Å². The summed E-state index contributed by atoms with van der Waals surface area (Å²) in [6.07, 6.45) is 3.93. The first-order valence-corrected chi connectivity index (χ1v) is 6.00. The van der Waals surface area contributed by atoms with Crippen LogP contribution in [0.3, 0.4) is 0 Å². The number of nitrogens with zero attached hydrogens (tertiary/aromatic N) is 1. The van der Waals surface area contributed by atoms with Crippen molar-refractivity contribution in [1.29, 1.82) is 0 Å². The number of ether oxygens (including phenoxy) is 1. The largest absolute Gasteiger partial charge is 0.469 e. The molecular weight excluding hydrogens is 206 g/mol. The molecule has 0 saturated carbocycles. The summed E-state index contributed by atoms with van der Waals surface area (Å²) in [4.78, 5) is 24.5. The number of rotatable bonds is 8. The van der Waals surface area contributed by atoms with E-state index in [0.717, 1.165) is 38.8 Å². The Morgan fingerprint density at radius 1 is 1.06 bits per heavy atom. The molecule has 0 N–H and O–H groups in total. The first kappa shape index (κ1) is 14.9. The highest BCUT2D eigenvalue weighted by molar-refractivity contribution is 5.94. The van der Waals surface area contributed by atoms with E-state index in [9.17, 15) is 9.59 Å². The second kappa shape index (κ2) is 9.19. The van der Waals surface area contributed by atoms with Crippen LogP contribution in [-0.2, 0) is 14.3 Å². The Morgan fingerprint density at radius 2 is 1.56 bits per heavy atom. The molecule has 0 aliphatic rings. The van der Waals surface area contributed by atoms with E-state index in [-0.39, 0.29) is 12.3 Å². The van der Waals surface area contributed by atoms with Crippen molar-refractivity contribution in [2.75, 3.05) is 20.2 Å². The van der Waals surface area contributed by atoms with Crippen LogP contribution in [0.2, 0.25) is 0 Å². The minimum absolute atomic E-state index is 0.117. The fourth-order valence-corrected chi connectivity index (χ4v) is 1.37. The normalized spacial score (nSPS) is 9.94. The number of hydrogen-bond acceptors (Lipinski definition) is 3. The number of esters is 1. The Balaban J connectivity index is 4.13. The van der Waals surface area contributed by atoms with Gasteiger partial charge in [-0.1, -0.05) is 26.7 Å². The first-order chi connectivity index (χ1) is 7.65. The predicted octanol–water partition coefficient (Wildman–Crippen LogP) is 1.98. The third-order valence-corrected chi connectivity index (χ3v) is 2.44. The van der Waals surface area contributed by atoms with E-state index in [1.165, 1.54) is 7.11 Å². The monoisotopic (exact) mass is 229 g/mol. The van der Waals surface area contributed by atoms with Gasteiger partial charge < -0.3 is 9.64 Å². The molecule has 94 valence electrons. The Hall–Kier alpha value is -1.06. The maximum absolute atomic E-state index is 11.7. The van der Waals surface area contributed by atoms with Crippen LogP contribution in [0.25, 0.3) is 0 Å². The average Bonchev–Trinajstić information content (AvgIpc) is 2.28. The molecule has 0 aromatic carbocycles. The van der Waals surface area contributed by atoms with Crippen LogP contribution in [0.15, 0.2) is 0 Å². The molecule has 0 bridgehead atoms. The van der Waals surface area contributed by atoms with Gasteiger partial charge in [0.1, 0.15) is 6.42 Å². The van der Waals surface area contributed by atoms with Crippen LogP contribution < -0.4 is 0 Å². The fraction of sp³-hybridized carbons (Fsp3) is 0.833. The molecule has 0 saturated heterocycles. The van der Waals surface area contributed by atoms with Gasteiger partial charge in [-0.3, -0.25) is 9.59 Å². The van der Waals surface area contributed by atoms with Crippen LogP contribution in [0.4, 0.5) is 0 Å². The summed E-state index contributed by atoms with van der Waals surface area (Å²) in [7, 11) is 1.30. The SMILES string of the molecule is CCCCN(CCCC)C(=O)CC(=O)OC. The zero-order valence-electron chi connectivity index (χ0n) is 10.6. The second-order valence-electron chi connectivity index (χ2n) is 3.84. The van der Waals surface area contributed by atoms with Crippen molar-refractivity contribution in [3.8, 4) is 0 Å². The van der Waals surface area contributed by atoms with Gasteiger partial charge in [-0.25, -0.2) is 0 Å². The van der Waals surface area contributed by atoms with E-state index >= 15 is 0 Å². The minimum atomic E-state index is -0.456. The van der Waals surface area contributed by atoms with Crippen molar-refractivity contribution < 1.29 is 14.3 Å². The second-order valence-corrected chi connectivity index (χ2v) is 3.84. The molecule has 1 amide bonds. The Bertz CT molecular complexity index is 208. The van der Waals surface area contributed by atoms with Crippen LogP contribution in [0.5, 0.6) is 0 Å². The third kappa shape index (κ3) is 6.43. The van der Waals surface area contributed by atoms with E-state index in [1.807, 2.05) is 0 Å². The van der Waals surface area contributed by atoms with Crippen molar-refractivity contribution in [2.24, 2.45) is 0 Å². The lowest BCUT2D eigenvalue weighted by atomic mass is 10.2. The molecule has 16 heavy (non-hydrogen) atoms. The Kier molecular flexibility index (Phi) is 8.58. The van der Waals surface area contributed by atoms with Gasteiger partial charge in [0.15, 0.2) is 0 Å². The maximum Gasteiger partial charge on any atom is 0.315 e. The summed E-state index contributed by atoms with van der Waals surface area (Å²) in [6.45, 7) is 5.66. The molecule has 0 heterocycles. The van der Waals surface area contributed by atoms with Crippen molar-refractivity contribution in [3.05, 3.63) is 0 Å². The summed E-state index contributed by atoms with van der Waals surface area (Å²) in [5.41, 5.74) is 0. The Morgan fingerprint density at radius 3 is 1.94 bits per heavy atom. The molecular formula is C12H23NO3. The number of unbranched alkanes of at least 4 members (excludes halogenated alkanes) is 2. The lowest BCUT2D eigenvalue weighted by molar-refractivity contribution is -0.146. The zero-order chi connectivity index (χ0) is 12.4. The minimum Gasteiger partial charge on any atom is -0.469 e. The molecule has 0 atom stereocenters. The van der Waals surface area contributed by atoms with Crippen molar-refractivity contribution in [3.63, 3.8) is 0 Å². The third-order valence-electron chi connectivity index (χ3n) is 2.44. The smallest absolute Gasteiger partial charge is 0.315 e. The number of amides is 1.